The highest BCUT2D eigenvalue weighted by Crippen LogP contribution is 2.26. The van der Waals surface area contributed by atoms with Crippen LogP contribution in [0.25, 0.3) is 11.3 Å². The lowest BCUT2D eigenvalue weighted by Gasteiger charge is -2.40. The fraction of sp³-hybridized carbons (Fsp3) is 0.200. The average Bonchev–Trinajstić information content (AvgIpc) is 3.31. The Morgan fingerprint density at radius 2 is 1.89 bits per heavy atom. The minimum Gasteiger partial charge on any atom is -0.338 e. The Morgan fingerprint density at radius 1 is 1.05 bits per heavy atom. The van der Waals surface area contributed by atoms with E-state index < -0.39 is 41.7 Å². The van der Waals surface area contributed by atoms with Crippen molar-refractivity contribution in [3.05, 3.63) is 78.1 Å². The van der Waals surface area contributed by atoms with E-state index >= 15 is 0 Å². The molecule has 1 saturated heterocycles. The predicted molar refractivity (Wildman–Crippen MR) is 129 cm³/mol. The number of pyridine rings is 2. The van der Waals surface area contributed by atoms with Gasteiger partial charge in [-0.2, -0.15) is 0 Å². The van der Waals surface area contributed by atoms with Crippen molar-refractivity contribution in [2.45, 2.75) is 18.8 Å². The van der Waals surface area contributed by atoms with Crippen molar-refractivity contribution in [1.29, 1.82) is 0 Å². The monoisotopic (exact) mass is 505 g/mol. The molecule has 2 aliphatic rings. The molecule has 0 saturated carbocycles. The number of urea groups is 1. The van der Waals surface area contributed by atoms with Gasteiger partial charge < -0.3 is 15.1 Å². The largest absolute Gasteiger partial charge is 0.338 e. The molecular weight excluding hydrogens is 484 g/mol. The number of halogens is 2. The van der Waals surface area contributed by atoms with Crippen LogP contribution in [0.4, 0.5) is 19.4 Å². The van der Waals surface area contributed by atoms with Gasteiger partial charge in [0.1, 0.15) is 5.82 Å². The summed E-state index contributed by atoms with van der Waals surface area (Å²) in [6.07, 6.45) is 2.19. The van der Waals surface area contributed by atoms with E-state index in [2.05, 4.69) is 20.3 Å². The molecule has 1 fully saturated rings. The number of nitrogens with zero attached hydrogens (tertiary/aromatic N) is 6. The fourth-order valence-electron chi connectivity index (χ4n) is 4.22. The number of hydrogen-bond acceptors (Lipinski definition) is 7. The Kier molecular flexibility index (Phi) is 6.30. The molecule has 0 spiro atoms. The molecule has 2 aliphatic heterocycles. The second-order valence-electron chi connectivity index (χ2n) is 8.52. The van der Waals surface area contributed by atoms with E-state index in [-0.39, 0.29) is 18.9 Å². The summed E-state index contributed by atoms with van der Waals surface area (Å²) < 4.78 is 26.9. The van der Waals surface area contributed by atoms with Crippen molar-refractivity contribution in [3.63, 3.8) is 0 Å². The number of aromatic nitrogens is 2. The first-order chi connectivity index (χ1) is 17.8. The molecule has 4 amide bonds. The number of imide groups is 1. The van der Waals surface area contributed by atoms with Gasteiger partial charge in [-0.1, -0.05) is 12.1 Å². The lowest BCUT2D eigenvalue weighted by atomic mass is 10.1. The molecule has 3 aromatic rings. The number of benzene rings is 1. The molecule has 188 valence electrons. The summed E-state index contributed by atoms with van der Waals surface area (Å²) >= 11 is 0. The normalized spacial score (nSPS) is 18.8. The van der Waals surface area contributed by atoms with Crippen molar-refractivity contribution in [2.75, 3.05) is 18.9 Å². The highest BCUT2D eigenvalue weighted by atomic mass is 19.2. The molecule has 5 rings (SSSR count). The van der Waals surface area contributed by atoms with Gasteiger partial charge in [0.2, 0.25) is 5.91 Å². The van der Waals surface area contributed by atoms with Gasteiger partial charge in [-0.15, -0.1) is 0 Å². The Hall–Kier alpha value is -4.74. The highest BCUT2D eigenvalue weighted by Gasteiger charge is 2.50. The van der Waals surface area contributed by atoms with E-state index in [0.29, 0.717) is 17.0 Å². The summed E-state index contributed by atoms with van der Waals surface area (Å²) in [4.78, 5) is 55.6. The molecular formula is C25H21F2N7O3. The second-order valence-corrected chi connectivity index (χ2v) is 8.52. The predicted octanol–water partition coefficient (Wildman–Crippen LogP) is 2.49. The summed E-state index contributed by atoms with van der Waals surface area (Å²) in [5, 5.41) is 2.65. The van der Waals surface area contributed by atoms with Crippen LogP contribution >= 0.6 is 0 Å². The van der Waals surface area contributed by atoms with Crippen LogP contribution in [-0.2, 0) is 16.1 Å². The number of hydrogen-bond donors (Lipinski definition) is 1. The van der Waals surface area contributed by atoms with Crippen molar-refractivity contribution >= 4 is 30.0 Å². The molecule has 1 N–H and O–H groups in total. The third-order valence-corrected chi connectivity index (χ3v) is 6.06. The zero-order valence-electron chi connectivity index (χ0n) is 19.6. The number of aliphatic imine (C=N–C) groups is 1. The van der Waals surface area contributed by atoms with Crippen LogP contribution in [0.2, 0.25) is 0 Å². The molecule has 0 radical (unpaired) electrons. The number of likely N-dealkylation sites (N-methyl/N-ethyl adjacent to an activating group) is 1. The van der Waals surface area contributed by atoms with E-state index in [0.717, 1.165) is 17.0 Å². The maximum atomic E-state index is 13.6. The minimum atomic E-state index is -1.01. The molecule has 10 nitrogen and oxygen atoms in total. The number of nitrogens with one attached hydrogen (secondary N) is 1. The van der Waals surface area contributed by atoms with E-state index in [1.165, 1.54) is 22.2 Å². The maximum absolute atomic E-state index is 13.6. The Morgan fingerprint density at radius 3 is 2.65 bits per heavy atom. The number of amides is 4. The number of anilines is 1. The number of rotatable bonds is 6. The molecule has 1 aromatic carbocycles. The summed E-state index contributed by atoms with van der Waals surface area (Å²) in [6, 6.07) is 12.0. The lowest BCUT2D eigenvalue weighted by Crippen LogP contribution is -2.64. The van der Waals surface area contributed by atoms with Crippen LogP contribution < -0.4 is 5.32 Å². The van der Waals surface area contributed by atoms with Crippen LogP contribution in [0, 0.1) is 11.6 Å². The molecule has 12 heteroatoms. The van der Waals surface area contributed by atoms with E-state index in [9.17, 15) is 23.2 Å². The van der Waals surface area contributed by atoms with Crippen LogP contribution in [-0.4, -0.2) is 74.7 Å². The van der Waals surface area contributed by atoms with E-state index in [1.54, 1.807) is 49.6 Å². The molecule has 0 aliphatic carbocycles. The molecule has 37 heavy (non-hydrogen) atoms. The summed E-state index contributed by atoms with van der Waals surface area (Å²) in [6.45, 7) is -0.236. The Balaban J connectivity index is 1.29. The third-order valence-electron chi connectivity index (χ3n) is 6.06. The molecule has 4 heterocycles. The van der Waals surface area contributed by atoms with Crippen molar-refractivity contribution < 1.29 is 23.2 Å². The SMILES string of the molecule is CN1C(=O)N(Cc2ccccn2)C(=O)C2C1N=CN2CC(=O)Nc1cccc(-c2ccc(F)c(F)c2)n1. The Bertz CT molecular complexity index is 1400. The average molecular weight is 505 g/mol. The quantitative estimate of drug-likeness (QED) is 0.551. The van der Waals surface area contributed by atoms with Gasteiger partial charge in [-0.05, 0) is 42.5 Å². The van der Waals surface area contributed by atoms with E-state index in [4.69, 9.17) is 0 Å². The van der Waals surface area contributed by atoms with Gasteiger partial charge in [-0.3, -0.25) is 19.5 Å². The van der Waals surface area contributed by atoms with Crippen molar-refractivity contribution in [2.24, 2.45) is 4.99 Å². The third kappa shape index (κ3) is 4.73. The van der Waals surface area contributed by atoms with Crippen LogP contribution in [0.5, 0.6) is 0 Å². The molecule has 2 unspecified atom stereocenters. The van der Waals surface area contributed by atoms with Crippen LogP contribution in [0.3, 0.4) is 0 Å². The topological polar surface area (TPSA) is 111 Å². The number of carbonyl (C=O) groups excluding carboxylic acids is 3. The first-order valence-electron chi connectivity index (χ1n) is 11.3. The maximum Gasteiger partial charge on any atom is 0.328 e. The van der Waals surface area contributed by atoms with Crippen molar-refractivity contribution in [3.8, 4) is 11.3 Å². The second kappa shape index (κ2) is 9.72. The lowest BCUT2D eigenvalue weighted by molar-refractivity contribution is -0.138. The first kappa shape index (κ1) is 24.0. The summed E-state index contributed by atoms with van der Waals surface area (Å²) in [7, 11) is 1.55. The summed E-state index contributed by atoms with van der Waals surface area (Å²) in [5.74, 6) is -2.75. The minimum absolute atomic E-state index is 0.00715. The van der Waals surface area contributed by atoms with Gasteiger partial charge >= 0.3 is 6.03 Å². The number of fused-ring (bicyclic) bond motifs is 1. The molecule has 2 atom stereocenters. The van der Waals surface area contributed by atoms with Crippen LogP contribution in [0.15, 0.2) is 65.8 Å². The van der Waals surface area contributed by atoms with Crippen LogP contribution in [0.1, 0.15) is 5.69 Å². The van der Waals surface area contributed by atoms with Gasteiger partial charge in [0, 0.05) is 18.8 Å². The first-order valence-corrected chi connectivity index (χ1v) is 11.3. The van der Waals surface area contributed by atoms with Gasteiger partial charge in [0.05, 0.1) is 30.8 Å². The zero-order chi connectivity index (χ0) is 26.1. The molecule has 0 bridgehead atoms. The fourth-order valence-corrected chi connectivity index (χ4v) is 4.22. The van der Waals surface area contributed by atoms with E-state index in [1.807, 2.05) is 0 Å². The van der Waals surface area contributed by atoms with Gasteiger partial charge in [0.25, 0.3) is 5.91 Å². The molecule has 2 aromatic heterocycles. The zero-order valence-corrected chi connectivity index (χ0v) is 19.6. The standard InChI is InChI=1S/C25H21F2N7O3/c1-32-23-22(24(36)34(25(32)37)12-16-5-2-3-10-28-16)33(14-29-23)13-21(35)31-20-7-4-6-19(30-20)15-8-9-17(26)18(27)11-15/h2-11,14,22-23H,12-13H2,1H3,(H,30,31,35). The summed E-state index contributed by atoms with van der Waals surface area (Å²) in [5.41, 5.74) is 1.23. The smallest absolute Gasteiger partial charge is 0.328 e. The Labute approximate surface area is 210 Å². The van der Waals surface area contributed by atoms with Gasteiger partial charge in [0.15, 0.2) is 23.8 Å². The highest BCUT2D eigenvalue weighted by molar-refractivity contribution is 6.03. The van der Waals surface area contributed by atoms with Gasteiger partial charge in [-0.25, -0.2) is 23.6 Å². The van der Waals surface area contributed by atoms with Crippen molar-refractivity contribution in [1.82, 2.24) is 24.7 Å². The number of carbonyl (C=O) groups is 3.